The molecule has 7 heteroatoms. The van der Waals surface area contributed by atoms with Crippen molar-refractivity contribution in [1.29, 1.82) is 0 Å². The van der Waals surface area contributed by atoms with Gasteiger partial charge in [-0.15, -0.1) is 5.10 Å². The van der Waals surface area contributed by atoms with Crippen molar-refractivity contribution >= 4 is 11.5 Å². The van der Waals surface area contributed by atoms with Crippen LogP contribution in [-0.4, -0.2) is 19.6 Å². The molecule has 124 valence electrons. The molecule has 1 aromatic carbocycles. The van der Waals surface area contributed by atoms with Crippen LogP contribution in [0.4, 0.5) is 14.6 Å². The Hall–Kier alpha value is -3.35. The zero-order valence-electron chi connectivity index (χ0n) is 13.0. The van der Waals surface area contributed by atoms with Crippen molar-refractivity contribution < 1.29 is 8.78 Å². The Bertz CT molecular complexity index is 1030. The van der Waals surface area contributed by atoms with Crippen LogP contribution in [0.1, 0.15) is 5.56 Å². The fourth-order valence-electron chi connectivity index (χ4n) is 2.53. The van der Waals surface area contributed by atoms with E-state index in [2.05, 4.69) is 20.4 Å². The highest BCUT2D eigenvalue weighted by Gasteiger charge is 2.08. The van der Waals surface area contributed by atoms with Gasteiger partial charge in [0.05, 0.1) is 11.9 Å². The van der Waals surface area contributed by atoms with Gasteiger partial charge in [0, 0.05) is 24.5 Å². The van der Waals surface area contributed by atoms with Gasteiger partial charge in [0.1, 0.15) is 5.82 Å². The summed E-state index contributed by atoms with van der Waals surface area (Å²) in [6.07, 6.45) is 5.16. The summed E-state index contributed by atoms with van der Waals surface area (Å²) >= 11 is 0. The van der Waals surface area contributed by atoms with E-state index < -0.39 is 11.6 Å². The molecule has 0 saturated carbocycles. The maximum absolute atomic E-state index is 13.3. The van der Waals surface area contributed by atoms with Crippen LogP contribution in [0.2, 0.25) is 0 Å². The molecule has 0 aliphatic carbocycles. The lowest BCUT2D eigenvalue weighted by Gasteiger charge is -2.07. The third-order valence-corrected chi connectivity index (χ3v) is 3.80. The number of benzene rings is 1. The SMILES string of the molecule is Fc1ccc(CNc2ccc3ncc(-c4ccncc4)n3n2)cc1F. The molecule has 3 heterocycles. The molecule has 4 rings (SSSR count). The molecule has 0 radical (unpaired) electrons. The fraction of sp³-hybridized carbons (Fsp3) is 0.0556. The molecule has 1 N–H and O–H groups in total. The van der Waals surface area contributed by atoms with Gasteiger partial charge in [-0.2, -0.15) is 0 Å². The molecule has 0 aliphatic heterocycles. The number of rotatable bonds is 4. The lowest BCUT2D eigenvalue weighted by Crippen LogP contribution is -2.05. The second kappa shape index (κ2) is 6.27. The predicted octanol–water partition coefficient (Wildman–Crippen LogP) is 3.68. The van der Waals surface area contributed by atoms with Gasteiger partial charge in [-0.3, -0.25) is 4.98 Å². The van der Waals surface area contributed by atoms with Gasteiger partial charge < -0.3 is 5.32 Å². The lowest BCUT2D eigenvalue weighted by atomic mass is 10.2. The molecule has 25 heavy (non-hydrogen) atoms. The normalized spacial score (nSPS) is 11.0. The molecule has 0 amide bonds. The summed E-state index contributed by atoms with van der Waals surface area (Å²) in [5, 5.41) is 7.63. The predicted molar refractivity (Wildman–Crippen MR) is 89.9 cm³/mol. The van der Waals surface area contributed by atoms with Crippen LogP contribution in [0.25, 0.3) is 16.9 Å². The summed E-state index contributed by atoms with van der Waals surface area (Å²) in [6.45, 7) is 0.328. The van der Waals surface area contributed by atoms with Crippen LogP contribution in [0.3, 0.4) is 0 Å². The summed E-state index contributed by atoms with van der Waals surface area (Å²) in [4.78, 5) is 8.35. The van der Waals surface area contributed by atoms with Crippen LogP contribution in [0.15, 0.2) is 61.1 Å². The Balaban J connectivity index is 1.61. The lowest BCUT2D eigenvalue weighted by molar-refractivity contribution is 0.507. The number of anilines is 1. The topological polar surface area (TPSA) is 55.1 Å². The maximum atomic E-state index is 13.3. The number of hydrogen-bond acceptors (Lipinski definition) is 4. The van der Waals surface area contributed by atoms with E-state index in [1.807, 2.05) is 18.2 Å². The third kappa shape index (κ3) is 3.03. The van der Waals surface area contributed by atoms with Crippen molar-refractivity contribution in [3.63, 3.8) is 0 Å². The highest BCUT2D eigenvalue weighted by atomic mass is 19.2. The Morgan fingerprint density at radius 3 is 2.60 bits per heavy atom. The molecular formula is C18H13F2N5. The smallest absolute Gasteiger partial charge is 0.159 e. The van der Waals surface area contributed by atoms with Crippen LogP contribution >= 0.6 is 0 Å². The molecule has 0 spiro atoms. The fourth-order valence-corrected chi connectivity index (χ4v) is 2.53. The van der Waals surface area contributed by atoms with Gasteiger partial charge in [0.2, 0.25) is 0 Å². The van der Waals surface area contributed by atoms with E-state index in [-0.39, 0.29) is 0 Å². The van der Waals surface area contributed by atoms with Crippen LogP contribution in [0.5, 0.6) is 0 Å². The van der Waals surface area contributed by atoms with Crippen molar-refractivity contribution in [3.8, 4) is 11.3 Å². The van der Waals surface area contributed by atoms with E-state index in [4.69, 9.17) is 0 Å². The molecule has 5 nitrogen and oxygen atoms in total. The van der Waals surface area contributed by atoms with Crippen molar-refractivity contribution in [2.24, 2.45) is 0 Å². The average molecular weight is 337 g/mol. The molecule has 0 saturated heterocycles. The van der Waals surface area contributed by atoms with Gasteiger partial charge in [0.15, 0.2) is 17.3 Å². The Kier molecular flexibility index (Phi) is 3.81. The zero-order valence-corrected chi connectivity index (χ0v) is 13.0. The Morgan fingerprint density at radius 1 is 0.960 bits per heavy atom. The highest BCUT2D eigenvalue weighted by Crippen LogP contribution is 2.20. The monoisotopic (exact) mass is 337 g/mol. The van der Waals surface area contributed by atoms with E-state index in [0.717, 1.165) is 17.3 Å². The third-order valence-electron chi connectivity index (χ3n) is 3.80. The zero-order chi connectivity index (χ0) is 17.2. The van der Waals surface area contributed by atoms with E-state index in [1.54, 1.807) is 29.2 Å². The molecule has 4 aromatic rings. The number of pyridine rings is 1. The highest BCUT2D eigenvalue weighted by molar-refractivity contribution is 5.63. The van der Waals surface area contributed by atoms with Gasteiger partial charge >= 0.3 is 0 Å². The minimum atomic E-state index is -0.864. The number of halogens is 2. The first kappa shape index (κ1) is 15.2. The standard InChI is InChI=1S/C18H13F2N5/c19-14-2-1-12(9-15(14)20)10-22-17-3-4-18-23-11-16(25(18)24-17)13-5-7-21-8-6-13/h1-9,11H,10H2,(H,22,24). The molecule has 3 aromatic heterocycles. The van der Waals surface area contributed by atoms with Crippen LogP contribution in [-0.2, 0) is 6.54 Å². The van der Waals surface area contributed by atoms with Crippen molar-refractivity contribution in [2.75, 3.05) is 5.32 Å². The van der Waals surface area contributed by atoms with E-state index in [0.29, 0.717) is 23.6 Å². The maximum Gasteiger partial charge on any atom is 0.159 e. The number of aromatic nitrogens is 4. The minimum absolute atomic E-state index is 0.328. The first-order valence-corrected chi connectivity index (χ1v) is 7.64. The summed E-state index contributed by atoms with van der Waals surface area (Å²) in [7, 11) is 0. The molecule has 0 aliphatic rings. The number of fused-ring (bicyclic) bond motifs is 1. The Labute approximate surface area is 142 Å². The summed E-state index contributed by atoms with van der Waals surface area (Å²) < 4.78 is 28.0. The van der Waals surface area contributed by atoms with Crippen molar-refractivity contribution in [3.05, 3.63) is 78.3 Å². The average Bonchev–Trinajstić information content (AvgIpc) is 3.06. The first-order chi connectivity index (χ1) is 12.2. The molecular weight excluding hydrogens is 324 g/mol. The van der Waals surface area contributed by atoms with Crippen molar-refractivity contribution in [2.45, 2.75) is 6.54 Å². The van der Waals surface area contributed by atoms with E-state index in [1.165, 1.54) is 12.1 Å². The minimum Gasteiger partial charge on any atom is -0.365 e. The summed E-state index contributed by atoms with van der Waals surface area (Å²) in [5.41, 5.74) is 3.13. The van der Waals surface area contributed by atoms with Gasteiger partial charge in [-0.25, -0.2) is 18.3 Å². The first-order valence-electron chi connectivity index (χ1n) is 7.64. The van der Waals surface area contributed by atoms with Gasteiger partial charge in [-0.05, 0) is 42.0 Å². The number of nitrogens with one attached hydrogen (secondary N) is 1. The molecule has 0 atom stereocenters. The quantitative estimate of drug-likeness (QED) is 0.617. The van der Waals surface area contributed by atoms with Crippen LogP contribution in [0, 0.1) is 11.6 Å². The second-order valence-electron chi connectivity index (χ2n) is 5.47. The molecule has 0 unspecified atom stereocenters. The largest absolute Gasteiger partial charge is 0.365 e. The number of nitrogens with zero attached hydrogens (tertiary/aromatic N) is 4. The number of hydrogen-bond donors (Lipinski definition) is 1. The van der Waals surface area contributed by atoms with Gasteiger partial charge in [0.25, 0.3) is 0 Å². The molecule has 0 fully saturated rings. The van der Waals surface area contributed by atoms with Crippen LogP contribution < -0.4 is 5.32 Å². The molecule has 0 bridgehead atoms. The second-order valence-corrected chi connectivity index (χ2v) is 5.47. The summed E-state index contributed by atoms with van der Waals surface area (Å²) in [6, 6.07) is 11.2. The number of imidazole rings is 1. The van der Waals surface area contributed by atoms with Crippen molar-refractivity contribution in [1.82, 2.24) is 19.6 Å². The summed E-state index contributed by atoms with van der Waals surface area (Å²) in [5.74, 6) is -1.12. The Morgan fingerprint density at radius 2 is 1.80 bits per heavy atom. The van der Waals surface area contributed by atoms with Gasteiger partial charge in [-0.1, -0.05) is 6.07 Å². The van der Waals surface area contributed by atoms with E-state index >= 15 is 0 Å². The van der Waals surface area contributed by atoms with E-state index in [9.17, 15) is 8.78 Å².